The third-order valence-electron chi connectivity index (χ3n) is 2.22. The van der Waals surface area contributed by atoms with Crippen LogP contribution < -0.4 is 5.73 Å². The SMILES string of the molecule is N/C(=N/O)c1cccc(CSc2ncn[nH]2)c1F. The third kappa shape index (κ3) is 2.59. The number of hydrogen-bond acceptors (Lipinski definition) is 5. The van der Waals surface area contributed by atoms with Crippen molar-refractivity contribution in [3.8, 4) is 0 Å². The van der Waals surface area contributed by atoms with Gasteiger partial charge in [-0.25, -0.2) is 9.37 Å². The topological polar surface area (TPSA) is 100 Å². The van der Waals surface area contributed by atoms with Crippen LogP contribution in [-0.2, 0) is 5.75 Å². The van der Waals surface area contributed by atoms with Gasteiger partial charge < -0.3 is 10.9 Å². The van der Waals surface area contributed by atoms with E-state index in [0.717, 1.165) is 0 Å². The minimum atomic E-state index is -0.500. The van der Waals surface area contributed by atoms with E-state index in [9.17, 15) is 4.39 Å². The summed E-state index contributed by atoms with van der Waals surface area (Å²) in [7, 11) is 0. The van der Waals surface area contributed by atoms with E-state index < -0.39 is 5.82 Å². The summed E-state index contributed by atoms with van der Waals surface area (Å²) >= 11 is 1.31. The van der Waals surface area contributed by atoms with E-state index in [1.54, 1.807) is 12.1 Å². The van der Waals surface area contributed by atoms with Gasteiger partial charge in [-0.1, -0.05) is 29.1 Å². The minimum Gasteiger partial charge on any atom is -0.409 e. The molecule has 0 unspecified atom stereocenters. The largest absolute Gasteiger partial charge is 0.409 e. The fourth-order valence-corrected chi connectivity index (χ4v) is 2.11. The summed E-state index contributed by atoms with van der Waals surface area (Å²) in [6.45, 7) is 0. The molecule has 4 N–H and O–H groups in total. The van der Waals surface area contributed by atoms with Crippen molar-refractivity contribution in [2.45, 2.75) is 10.9 Å². The Hall–Kier alpha value is -2.09. The zero-order chi connectivity index (χ0) is 13.0. The van der Waals surface area contributed by atoms with Gasteiger partial charge in [0.1, 0.15) is 12.1 Å². The Morgan fingerprint density at radius 1 is 1.56 bits per heavy atom. The Balaban J connectivity index is 2.18. The Kier molecular flexibility index (Phi) is 3.78. The number of aromatic amines is 1. The summed E-state index contributed by atoms with van der Waals surface area (Å²) < 4.78 is 14.0. The quantitative estimate of drug-likeness (QED) is 0.255. The van der Waals surface area contributed by atoms with E-state index in [1.165, 1.54) is 24.2 Å². The van der Waals surface area contributed by atoms with Crippen molar-refractivity contribution in [2.75, 3.05) is 0 Å². The molecule has 6 nitrogen and oxygen atoms in total. The maximum Gasteiger partial charge on any atom is 0.183 e. The van der Waals surface area contributed by atoms with Gasteiger partial charge in [0, 0.05) is 5.75 Å². The fourth-order valence-electron chi connectivity index (χ4n) is 1.35. The lowest BCUT2D eigenvalue weighted by Gasteiger charge is -2.06. The molecular formula is C10H10FN5OS. The van der Waals surface area contributed by atoms with Gasteiger partial charge in [-0.15, -0.1) is 0 Å². The number of amidine groups is 1. The highest BCUT2D eigenvalue weighted by Gasteiger charge is 2.12. The van der Waals surface area contributed by atoms with E-state index in [4.69, 9.17) is 10.9 Å². The molecule has 0 saturated carbocycles. The predicted octanol–water partition coefficient (Wildman–Crippen LogP) is 1.33. The molecule has 0 amide bonds. The summed E-state index contributed by atoms with van der Waals surface area (Å²) in [5.74, 6) is -0.382. The predicted molar refractivity (Wildman–Crippen MR) is 64.9 cm³/mol. The molecule has 2 aromatic rings. The molecule has 0 atom stereocenters. The highest BCUT2D eigenvalue weighted by molar-refractivity contribution is 7.98. The summed E-state index contributed by atoms with van der Waals surface area (Å²) in [4.78, 5) is 3.92. The van der Waals surface area contributed by atoms with Gasteiger partial charge in [0.05, 0.1) is 5.56 Å². The first-order chi connectivity index (χ1) is 8.72. The molecule has 18 heavy (non-hydrogen) atoms. The van der Waals surface area contributed by atoms with Gasteiger partial charge in [-0.3, -0.25) is 5.10 Å². The maximum absolute atomic E-state index is 14.0. The first-order valence-corrected chi connectivity index (χ1v) is 5.94. The van der Waals surface area contributed by atoms with Crippen LogP contribution in [0.1, 0.15) is 11.1 Å². The highest BCUT2D eigenvalue weighted by Crippen LogP contribution is 2.22. The van der Waals surface area contributed by atoms with Gasteiger partial charge in [0.2, 0.25) is 0 Å². The number of thioether (sulfide) groups is 1. The second-order valence-electron chi connectivity index (χ2n) is 3.34. The lowest BCUT2D eigenvalue weighted by atomic mass is 10.1. The number of nitrogens with two attached hydrogens (primary N) is 1. The number of rotatable bonds is 4. The molecule has 0 aliphatic rings. The van der Waals surface area contributed by atoms with Crippen LogP contribution in [0.2, 0.25) is 0 Å². The van der Waals surface area contributed by atoms with Crippen LogP contribution in [0.15, 0.2) is 34.8 Å². The van der Waals surface area contributed by atoms with Gasteiger partial charge >= 0.3 is 0 Å². The monoisotopic (exact) mass is 267 g/mol. The molecule has 0 saturated heterocycles. The lowest BCUT2D eigenvalue weighted by Crippen LogP contribution is -2.15. The van der Waals surface area contributed by atoms with Crippen LogP contribution in [-0.4, -0.2) is 26.2 Å². The smallest absolute Gasteiger partial charge is 0.183 e. The van der Waals surface area contributed by atoms with E-state index in [2.05, 4.69) is 20.3 Å². The zero-order valence-electron chi connectivity index (χ0n) is 9.17. The number of H-pyrrole nitrogens is 1. The molecule has 0 spiro atoms. The third-order valence-corrected chi connectivity index (χ3v) is 3.15. The average molecular weight is 267 g/mol. The van der Waals surface area contributed by atoms with Crippen molar-refractivity contribution in [3.05, 3.63) is 41.5 Å². The van der Waals surface area contributed by atoms with Crippen molar-refractivity contribution in [1.29, 1.82) is 0 Å². The standard InChI is InChI=1S/C10H10FN5OS/c11-8-6(4-18-10-13-5-14-15-10)2-1-3-7(8)9(12)16-17/h1-3,5,17H,4H2,(H2,12,16)(H,13,14,15). The van der Waals surface area contributed by atoms with E-state index in [1.807, 2.05) is 0 Å². The molecule has 2 rings (SSSR count). The normalized spacial score (nSPS) is 11.7. The molecule has 1 aromatic heterocycles. The second kappa shape index (κ2) is 5.50. The highest BCUT2D eigenvalue weighted by atomic mass is 32.2. The van der Waals surface area contributed by atoms with Gasteiger partial charge in [-0.05, 0) is 11.6 Å². The van der Waals surface area contributed by atoms with Crippen LogP contribution in [0.25, 0.3) is 0 Å². The Morgan fingerprint density at radius 3 is 3.06 bits per heavy atom. The van der Waals surface area contributed by atoms with E-state index >= 15 is 0 Å². The second-order valence-corrected chi connectivity index (χ2v) is 4.31. The molecule has 0 bridgehead atoms. The summed E-state index contributed by atoms with van der Waals surface area (Å²) in [5.41, 5.74) is 5.90. The Morgan fingerprint density at radius 2 is 2.39 bits per heavy atom. The van der Waals surface area contributed by atoms with Crippen molar-refractivity contribution in [3.63, 3.8) is 0 Å². The molecule has 1 heterocycles. The molecule has 0 fully saturated rings. The number of hydrogen-bond donors (Lipinski definition) is 3. The van der Waals surface area contributed by atoms with Crippen LogP contribution in [0, 0.1) is 5.82 Å². The summed E-state index contributed by atoms with van der Waals surface area (Å²) in [6.07, 6.45) is 1.38. The number of halogens is 1. The zero-order valence-corrected chi connectivity index (χ0v) is 9.99. The van der Waals surface area contributed by atoms with Crippen LogP contribution in [0.3, 0.4) is 0 Å². The van der Waals surface area contributed by atoms with Gasteiger partial charge in [-0.2, -0.15) is 5.10 Å². The summed E-state index contributed by atoms with van der Waals surface area (Å²) in [6, 6.07) is 4.73. The van der Waals surface area contributed by atoms with Crippen LogP contribution in [0.5, 0.6) is 0 Å². The number of nitrogens with one attached hydrogen (secondary N) is 1. The lowest BCUT2D eigenvalue weighted by molar-refractivity contribution is 0.318. The average Bonchev–Trinajstić information content (AvgIpc) is 2.90. The van der Waals surface area contributed by atoms with Crippen molar-refractivity contribution in [1.82, 2.24) is 15.2 Å². The number of aromatic nitrogens is 3. The van der Waals surface area contributed by atoms with Crippen molar-refractivity contribution in [2.24, 2.45) is 10.9 Å². The molecule has 0 aliphatic heterocycles. The van der Waals surface area contributed by atoms with E-state index in [-0.39, 0.29) is 11.4 Å². The molecule has 0 radical (unpaired) electrons. The number of benzene rings is 1. The fraction of sp³-hybridized carbons (Fsp3) is 0.100. The molecule has 94 valence electrons. The van der Waals surface area contributed by atoms with Crippen molar-refractivity contribution < 1.29 is 9.60 Å². The van der Waals surface area contributed by atoms with Gasteiger partial charge in [0.25, 0.3) is 0 Å². The van der Waals surface area contributed by atoms with Crippen molar-refractivity contribution >= 4 is 17.6 Å². The first-order valence-electron chi connectivity index (χ1n) is 4.96. The van der Waals surface area contributed by atoms with E-state index in [0.29, 0.717) is 16.5 Å². The molecule has 0 aliphatic carbocycles. The number of nitrogens with zero attached hydrogens (tertiary/aromatic N) is 3. The van der Waals surface area contributed by atoms with Crippen LogP contribution >= 0.6 is 11.8 Å². The Labute approximate surface area is 106 Å². The summed E-state index contributed by atoms with van der Waals surface area (Å²) in [5, 5.41) is 18.3. The van der Waals surface area contributed by atoms with Gasteiger partial charge in [0.15, 0.2) is 11.0 Å². The number of oxime groups is 1. The minimum absolute atomic E-state index is 0.0770. The molecule has 8 heteroatoms. The molecular weight excluding hydrogens is 257 g/mol. The maximum atomic E-state index is 14.0. The first kappa shape index (κ1) is 12.4. The molecule has 1 aromatic carbocycles. The van der Waals surface area contributed by atoms with Crippen LogP contribution in [0.4, 0.5) is 4.39 Å². The Bertz CT molecular complexity index is 557.